The summed E-state index contributed by atoms with van der Waals surface area (Å²) in [5, 5.41) is 0. The Kier molecular flexibility index (Phi) is 5.38. The molecular weight excluding hydrogens is 328 g/mol. The normalized spacial score (nSPS) is 23.6. The summed E-state index contributed by atoms with van der Waals surface area (Å²) in [7, 11) is 0. The first-order valence-electron chi connectivity index (χ1n) is 10.0. The molecule has 1 saturated heterocycles. The molecule has 2 nitrogen and oxygen atoms in total. The molecular formula is C25H28N2. The van der Waals surface area contributed by atoms with Crippen molar-refractivity contribution < 1.29 is 0 Å². The summed E-state index contributed by atoms with van der Waals surface area (Å²) in [6, 6.07) is 33.6. The van der Waals surface area contributed by atoms with E-state index in [0.29, 0.717) is 12.1 Å². The summed E-state index contributed by atoms with van der Waals surface area (Å²) >= 11 is 0. The van der Waals surface area contributed by atoms with E-state index in [1.165, 1.54) is 16.7 Å². The van der Waals surface area contributed by atoms with E-state index in [2.05, 4.69) is 115 Å². The fourth-order valence-electron chi connectivity index (χ4n) is 4.65. The SMILES string of the molecule is CCN1C(c2ccccc2)C(c2ccccc2)N(CC)C1c1ccccc1. The highest BCUT2D eigenvalue weighted by Gasteiger charge is 2.47. The van der Waals surface area contributed by atoms with Gasteiger partial charge in [0.2, 0.25) is 0 Å². The molecule has 2 heteroatoms. The topological polar surface area (TPSA) is 6.48 Å². The number of hydrogen-bond acceptors (Lipinski definition) is 2. The molecule has 2 atom stereocenters. The Morgan fingerprint density at radius 3 is 1.19 bits per heavy atom. The Balaban J connectivity index is 1.88. The molecule has 27 heavy (non-hydrogen) atoms. The van der Waals surface area contributed by atoms with Crippen LogP contribution in [0.4, 0.5) is 0 Å². The first-order chi connectivity index (χ1) is 13.3. The zero-order valence-electron chi connectivity index (χ0n) is 16.2. The largest absolute Gasteiger partial charge is 0.275 e. The van der Waals surface area contributed by atoms with Crippen LogP contribution < -0.4 is 0 Å². The maximum atomic E-state index is 2.66. The Hall–Kier alpha value is -2.42. The monoisotopic (exact) mass is 356 g/mol. The zero-order valence-corrected chi connectivity index (χ0v) is 16.2. The average Bonchev–Trinajstić information content (AvgIpc) is 3.10. The summed E-state index contributed by atoms with van der Waals surface area (Å²) in [4.78, 5) is 5.32. The lowest BCUT2D eigenvalue weighted by Gasteiger charge is -2.31. The van der Waals surface area contributed by atoms with Crippen LogP contribution in [0, 0.1) is 0 Å². The lowest BCUT2D eigenvalue weighted by molar-refractivity contribution is 0.124. The number of nitrogens with zero attached hydrogens (tertiary/aromatic N) is 2. The van der Waals surface area contributed by atoms with Crippen molar-refractivity contribution in [2.24, 2.45) is 0 Å². The standard InChI is InChI=1S/C25H28N2/c1-3-26-23(20-14-8-5-9-15-20)24(21-16-10-6-11-17-21)27(4-2)25(26)22-18-12-7-13-19-22/h5-19,23-25H,3-4H2,1-2H3. The molecule has 3 aromatic rings. The summed E-state index contributed by atoms with van der Waals surface area (Å²) < 4.78 is 0. The van der Waals surface area contributed by atoms with Crippen molar-refractivity contribution in [3.05, 3.63) is 108 Å². The number of likely N-dealkylation sites (N-methyl/N-ethyl adjacent to an activating group) is 2. The van der Waals surface area contributed by atoms with Gasteiger partial charge in [-0.15, -0.1) is 0 Å². The fourth-order valence-corrected chi connectivity index (χ4v) is 4.65. The van der Waals surface area contributed by atoms with E-state index in [-0.39, 0.29) is 6.17 Å². The van der Waals surface area contributed by atoms with Gasteiger partial charge < -0.3 is 0 Å². The highest BCUT2D eigenvalue weighted by Crippen LogP contribution is 2.51. The first kappa shape index (κ1) is 18.0. The van der Waals surface area contributed by atoms with E-state index >= 15 is 0 Å². The molecule has 1 aliphatic rings. The molecule has 1 fully saturated rings. The van der Waals surface area contributed by atoms with Gasteiger partial charge in [-0.25, -0.2) is 0 Å². The minimum Gasteiger partial charge on any atom is -0.275 e. The molecule has 0 aromatic heterocycles. The molecule has 3 aromatic carbocycles. The second-order valence-electron chi connectivity index (χ2n) is 7.16. The first-order valence-corrected chi connectivity index (χ1v) is 10.0. The molecule has 0 radical (unpaired) electrons. The van der Waals surface area contributed by atoms with E-state index in [9.17, 15) is 0 Å². The molecule has 1 heterocycles. The van der Waals surface area contributed by atoms with Crippen LogP contribution in [-0.4, -0.2) is 22.9 Å². The van der Waals surface area contributed by atoms with Crippen molar-refractivity contribution in [1.82, 2.24) is 9.80 Å². The molecule has 0 amide bonds. The van der Waals surface area contributed by atoms with Crippen LogP contribution in [0.15, 0.2) is 91.0 Å². The Bertz CT molecular complexity index is 778. The van der Waals surface area contributed by atoms with Gasteiger partial charge in [-0.3, -0.25) is 9.80 Å². The number of benzene rings is 3. The van der Waals surface area contributed by atoms with E-state index in [1.54, 1.807) is 0 Å². The third-order valence-electron chi connectivity index (χ3n) is 5.75. The van der Waals surface area contributed by atoms with E-state index in [0.717, 1.165) is 13.1 Å². The van der Waals surface area contributed by atoms with Gasteiger partial charge in [0.25, 0.3) is 0 Å². The van der Waals surface area contributed by atoms with Gasteiger partial charge in [0.05, 0.1) is 18.2 Å². The van der Waals surface area contributed by atoms with E-state index in [4.69, 9.17) is 0 Å². The van der Waals surface area contributed by atoms with E-state index in [1.807, 2.05) is 0 Å². The van der Waals surface area contributed by atoms with Crippen molar-refractivity contribution in [3.8, 4) is 0 Å². The van der Waals surface area contributed by atoms with Gasteiger partial charge in [0, 0.05) is 0 Å². The van der Waals surface area contributed by atoms with Gasteiger partial charge >= 0.3 is 0 Å². The third-order valence-corrected chi connectivity index (χ3v) is 5.75. The summed E-state index contributed by atoms with van der Waals surface area (Å²) in [5.74, 6) is 0. The molecule has 1 aliphatic heterocycles. The smallest absolute Gasteiger partial charge is 0.0897 e. The van der Waals surface area contributed by atoms with E-state index < -0.39 is 0 Å². The molecule has 4 rings (SSSR count). The van der Waals surface area contributed by atoms with Crippen LogP contribution >= 0.6 is 0 Å². The minimum absolute atomic E-state index is 0.289. The quantitative estimate of drug-likeness (QED) is 0.568. The van der Waals surface area contributed by atoms with Gasteiger partial charge in [0.1, 0.15) is 0 Å². The second kappa shape index (κ2) is 8.08. The minimum atomic E-state index is 0.289. The molecule has 0 bridgehead atoms. The van der Waals surface area contributed by atoms with Crippen molar-refractivity contribution in [3.63, 3.8) is 0 Å². The Morgan fingerprint density at radius 2 is 0.852 bits per heavy atom. The molecule has 2 unspecified atom stereocenters. The van der Waals surface area contributed by atoms with Crippen LogP contribution in [0.1, 0.15) is 48.8 Å². The maximum Gasteiger partial charge on any atom is 0.0897 e. The number of rotatable bonds is 5. The van der Waals surface area contributed by atoms with Crippen LogP contribution in [0.3, 0.4) is 0 Å². The predicted octanol–water partition coefficient (Wildman–Crippen LogP) is 5.83. The number of hydrogen-bond donors (Lipinski definition) is 0. The average molecular weight is 357 g/mol. The van der Waals surface area contributed by atoms with Gasteiger partial charge in [-0.1, -0.05) is 105 Å². The molecule has 0 saturated carbocycles. The van der Waals surface area contributed by atoms with Crippen LogP contribution in [0.2, 0.25) is 0 Å². The van der Waals surface area contributed by atoms with Crippen LogP contribution in [-0.2, 0) is 0 Å². The molecule has 138 valence electrons. The molecule has 0 aliphatic carbocycles. The highest BCUT2D eigenvalue weighted by atomic mass is 15.5. The zero-order chi connectivity index (χ0) is 18.6. The maximum absolute atomic E-state index is 2.66. The predicted molar refractivity (Wildman–Crippen MR) is 112 cm³/mol. The second-order valence-corrected chi connectivity index (χ2v) is 7.16. The highest BCUT2D eigenvalue weighted by molar-refractivity contribution is 5.32. The summed E-state index contributed by atoms with van der Waals surface area (Å²) in [6.45, 7) is 6.60. The van der Waals surface area contributed by atoms with Crippen molar-refractivity contribution in [2.75, 3.05) is 13.1 Å². The lowest BCUT2D eigenvalue weighted by atomic mass is 9.93. The van der Waals surface area contributed by atoms with Gasteiger partial charge in [-0.2, -0.15) is 0 Å². The van der Waals surface area contributed by atoms with Crippen LogP contribution in [0.25, 0.3) is 0 Å². The van der Waals surface area contributed by atoms with Crippen molar-refractivity contribution in [1.29, 1.82) is 0 Å². The Labute approximate surface area is 163 Å². The van der Waals surface area contributed by atoms with Gasteiger partial charge in [-0.05, 0) is 29.8 Å². The fraction of sp³-hybridized carbons (Fsp3) is 0.280. The summed E-state index contributed by atoms with van der Waals surface area (Å²) in [6.07, 6.45) is 0.289. The van der Waals surface area contributed by atoms with Gasteiger partial charge in [0.15, 0.2) is 0 Å². The summed E-state index contributed by atoms with van der Waals surface area (Å²) in [5.41, 5.74) is 4.16. The third kappa shape index (κ3) is 3.31. The lowest BCUT2D eigenvalue weighted by Crippen LogP contribution is -2.31. The molecule has 0 spiro atoms. The molecule has 0 N–H and O–H groups in total. The van der Waals surface area contributed by atoms with Crippen LogP contribution in [0.5, 0.6) is 0 Å². The Morgan fingerprint density at radius 1 is 0.519 bits per heavy atom. The van der Waals surface area contributed by atoms with Crippen molar-refractivity contribution in [2.45, 2.75) is 32.1 Å². The van der Waals surface area contributed by atoms with Crippen molar-refractivity contribution >= 4 is 0 Å².